The molecule has 0 nitrogen and oxygen atoms in total. The van der Waals surface area contributed by atoms with Gasteiger partial charge in [-0.25, -0.2) is 12.1 Å². The van der Waals surface area contributed by atoms with Crippen molar-refractivity contribution in [2.24, 2.45) is 0 Å². The fraction of sp³-hybridized carbons (Fsp3) is 0.0909. The van der Waals surface area contributed by atoms with Gasteiger partial charge in [0.2, 0.25) is 0 Å². The zero-order valence-electron chi connectivity index (χ0n) is 20.5. The van der Waals surface area contributed by atoms with Crippen molar-refractivity contribution >= 4 is 3.21 Å². The summed E-state index contributed by atoms with van der Waals surface area (Å²) in [5, 5.41) is 0. The van der Waals surface area contributed by atoms with Gasteiger partial charge in [0.1, 0.15) is 0 Å². The first-order valence-electron chi connectivity index (χ1n) is 11.6. The Labute approximate surface area is 242 Å². The van der Waals surface area contributed by atoms with Crippen molar-refractivity contribution in [1.82, 2.24) is 0 Å². The second kappa shape index (κ2) is 15.0. The van der Waals surface area contributed by atoms with Gasteiger partial charge in [-0.15, -0.1) is 5.56 Å². The van der Waals surface area contributed by atoms with Crippen molar-refractivity contribution in [3.8, 4) is 11.1 Å². The predicted molar refractivity (Wildman–Crippen MR) is 141 cm³/mol. The van der Waals surface area contributed by atoms with Crippen LogP contribution in [-0.4, -0.2) is 3.21 Å². The van der Waals surface area contributed by atoms with E-state index in [-0.39, 0.29) is 24.8 Å². The zero-order valence-corrected chi connectivity index (χ0v) is 24.5. The van der Waals surface area contributed by atoms with E-state index in [9.17, 15) is 0 Å². The molecule has 0 aromatic heterocycles. The molecule has 0 N–H and O–H groups in total. The molecule has 36 heavy (non-hydrogen) atoms. The minimum atomic E-state index is 0. The van der Waals surface area contributed by atoms with Crippen LogP contribution in [0.3, 0.4) is 0 Å². The van der Waals surface area contributed by atoms with Gasteiger partial charge in [-0.05, 0) is 6.42 Å². The summed E-state index contributed by atoms with van der Waals surface area (Å²) in [6.07, 6.45) is 1.05. The molecule has 6 rings (SSSR count). The number of benzene rings is 4. The van der Waals surface area contributed by atoms with Crippen molar-refractivity contribution in [2.45, 2.75) is 20.3 Å². The van der Waals surface area contributed by atoms with Gasteiger partial charge in [0.05, 0.1) is 0 Å². The number of halogens is 2. The van der Waals surface area contributed by atoms with E-state index in [0.717, 1.165) is 6.42 Å². The summed E-state index contributed by atoms with van der Waals surface area (Å²) < 4.78 is 1.42. The van der Waals surface area contributed by atoms with Gasteiger partial charge in [-0.1, -0.05) is 35.4 Å². The van der Waals surface area contributed by atoms with Crippen molar-refractivity contribution in [1.29, 1.82) is 0 Å². The molecule has 0 saturated carbocycles. The molecule has 0 aliphatic heterocycles. The van der Waals surface area contributed by atoms with E-state index in [4.69, 9.17) is 0 Å². The number of aryl methyl sites for hydroxylation is 2. The molecule has 0 unspecified atom stereocenters. The summed E-state index contributed by atoms with van der Waals surface area (Å²) >= 11 is 1.46. The Morgan fingerprint density at radius 1 is 0.667 bits per heavy atom. The molecule has 0 radical (unpaired) electrons. The van der Waals surface area contributed by atoms with E-state index in [1.807, 2.05) is 36.4 Å². The van der Waals surface area contributed by atoms with E-state index in [1.54, 1.807) is 0 Å². The topological polar surface area (TPSA) is 0 Å². The molecule has 0 atom stereocenters. The summed E-state index contributed by atoms with van der Waals surface area (Å²) in [5.74, 6) is 0. The monoisotopic (exact) mass is 584 g/mol. The molecule has 0 heterocycles. The fourth-order valence-corrected chi connectivity index (χ4v) is 4.74. The Morgan fingerprint density at radius 2 is 1.19 bits per heavy atom. The average molecular weight is 587 g/mol. The molecule has 1 aliphatic carbocycles. The van der Waals surface area contributed by atoms with Crippen LogP contribution in [0.15, 0.2) is 121 Å². The van der Waals surface area contributed by atoms with Gasteiger partial charge < -0.3 is 24.8 Å². The Balaban J connectivity index is 0.000000205. The smallest absolute Gasteiger partial charge is 0.0253 e. The maximum absolute atomic E-state index is 3.30. The normalized spacial score (nSPS) is 10.1. The van der Waals surface area contributed by atoms with E-state index >= 15 is 0 Å². The first kappa shape index (κ1) is 29.8. The number of rotatable bonds is 2. The summed E-state index contributed by atoms with van der Waals surface area (Å²) in [6, 6.07) is 45.6. The average Bonchev–Trinajstić information content (AvgIpc) is 3.57. The van der Waals surface area contributed by atoms with Crippen LogP contribution in [0.25, 0.3) is 11.1 Å². The van der Waals surface area contributed by atoms with Crippen LogP contribution >= 0.6 is 0 Å². The zero-order chi connectivity index (χ0) is 23.8. The molecule has 0 amide bonds. The second-order valence-corrected chi connectivity index (χ2v) is 9.69. The summed E-state index contributed by atoms with van der Waals surface area (Å²) in [5.41, 5.74) is 10.8. The van der Waals surface area contributed by atoms with Crippen LogP contribution in [0.1, 0.15) is 33.4 Å². The quantitative estimate of drug-likeness (QED) is 0.272. The standard InChI is InChI=1S/C15H14.C13H9.C5H5.2ClH.Zr/c1-12-3-7-14(8-4-12)11-15-9-5-13(2)6-10-15;1-3-7-12-10(5-1)9-11-6-2-4-8-13(11)12;1-2-4-5-3-1;;;/h3-10H,1-2H3;1-5,7-8H,9H2;1-5H;2*1H;/q;2*-1;;;+2/p-2. The van der Waals surface area contributed by atoms with Gasteiger partial charge in [0.15, 0.2) is 0 Å². The molecule has 5 aromatic rings. The van der Waals surface area contributed by atoms with Crippen LogP contribution in [0.4, 0.5) is 0 Å². The second-order valence-electron chi connectivity index (χ2n) is 8.47. The molecular weight excluding hydrogens is 558 g/mol. The van der Waals surface area contributed by atoms with E-state index < -0.39 is 0 Å². The van der Waals surface area contributed by atoms with E-state index in [0.29, 0.717) is 0 Å². The minimum Gasteiger partial charge on any atom is -1.00 e. The van der Waals surface area contributed by atoms with Crippen molar-refractivity contribution in [2.75, 3.05) is 0 Å². The number of hydrogen-bond acceptors (Lipinski definition) is 0. The Hall–Kier alpha value is -2.44. The third-order valence-corrected chi connectivity index (χ3v) is 7.27. The molecule has 0 spiro atoms. The largest absolute Gasteiger partial charge is 1.00 e. The Morgan fingerprint density at radius 3 is 1.72 bits per heavy atom. The van der Waals surface area contributed by atoms with E-state index in [2.05, 4.69) is 105 Å². The molecule has 1 aliphatic rings. The third kappa shape index (κ3) is 8.04. The van der Waals surface area contributed by atoms with E-state index in [1.165, 1.54) is 71.9 Å². The molecule has 0 bridgehead atoms. The number of hydrogen-bond donors (Lipinski definition) is 0. The van der Waals surface area contributed by atoms with Crippen LogP contribution in [0.5, 0.6) is 0 Å². The van der Waals surface area contributed by atoms with Crippen LogP contribution in [0, 0.1) is 19.9 Å². The fourth-order valence-electron chi connectivity index (χ4n) is 3.93. The molecule has 5 aromatic carbocycles. The van der Waals surface area contributed by atoms with Crippen molar-refractivity contribution in [3.63, 3.8) is 0 Å². The summed E-state index contributed by atoms with van der Waals surface area (Å²) in [4.78, 5) is 0. The SMILES string of the molecule is Cc1ccc([C](=[Zr+2])c2ccc(C)cc2)cc1.[Cl-].[Cl-].[c-]1cccc2c1Cc1ccccc1-2.c1cc[cH-]c1. The molecule has 3 heteroatoms. The van der Waals surface area contributed by atoms with Crippen LogP contribution in [0.2, 0.25) is 0 Å². The number of fused-ring (bicyclic) bond motifs is 3. The first-order valence-corrected chi connectivity index (χ1v) is 12.8. The minimum absolute atomic E-state index is 0. The first-order chi connectivity index (χ1) is 16.6. The Kier molecular flexibility index (Phi) is 12.4. The third-order valence-electron chi connectivity index (χ3n) is 5.85. The summed E-state index contributed by atoms with van der Waals surface area (Å²) in [7, 11) is 0. The maximum Gasteiger partial charge on any atom is -0.0253 e. The van der Waals surface area contributed by atoms with Gasteiger partial charge in [-0.3, -0.25) is 0 Å². The molecule has 180 valence electrons. The van der Waals surface area contributed by atoms with Gasteiger partial charge >= 0.3 is 112 Å². The van der Waals surface area contributed by atoms with Crippen molar-refractivity contribution < 1.29 is 49.0 Å². The van der Waals surface area contributed by atoms with Gasteiger partial charge in [0, 0.05) is 0 Å². The maximum atomic E-state index is 3.30. The van der Waals surface area contributed by atoms with Crippen molar-refractivity contribution in [3.05, 3.63) is 161 Å². The van der Waals surface area contributed by atoms with Crippen LogP contribution in [-0.2, 0) is 30.7 Å². The van der Waals surface area contributed by atoms with Crippen LogP contribution < -0.4 is 24.8 Å². The van der Waals surface area contributed by atoms with Gasteiger partial charge in [-0.2, -0.15) is 48.0 Å². The molecular formula is C33H28Cl2Zr-2. The predicted octanol–water partition coefficient (Wildman–Crippen LogP) is 1.89. The molecule has 0 fully saturated rings. The van der Waals surface area contributed by atoms with Gasteiger partial charge in [0.25, 0.3) is 0 Å². The Bertz CT molecular complexity index is 1230. The summed E-state index contributed by atoms with van der Waals surface area (Å²) in [6.45, 7) is 4.25. The molecule has 0 saturated heterocycles.